The first-order valence-electron chi connectivity index (χ1n) is 19.1. The van der Waals surface area contributed by atoms with Gasteiger partial charge in [0.15, 0.2) is 11.5 Å². The number of fused-ring (bicyclic) bond motifs is 4. The second-order valence-corrected chi connectivity index (χ2v) is 15.5. The van der Waals surface area contributed by atoms with Crippen molar-refractivity contribution in [3.05, 3.63) is 83.4 Å². The number of nitrogens with zero attached hydrogens (tertiary/aromatic N) is 4. The van der Waals surface area contributed by atoms with Crippen molar-refractivity contribution in [2.75, 3.05) is 67.9 Å². The second-order valence-electron chi connectivity index (χ2n) is 15.5. The molecule has 298 valence electrons. The molecule has 14 heteroatoms. The molecule has 4 aromatic rings. The van der Waals surface area contributed by atoms with Crippen LogP contribution < -0.4 is 40.5 Å². The van der Waals surface area contributed by atoms with Crippen LogP contribution in [0, 0.1) is 5.41 Å². The van der Waals surface area contributed by atoms with Gasteiger partial charge in [0.1, 0.15) is 11.4 Å². The molecule has 4 heterocycles. The maximum absolute atomic E-state index is 13.9. The van der Waals surface area contributed by atoms with E-state index in [1.165, 1.54) is 5.56 Å². The van der Waals surface area contributed by atoms with Crippen LogP contribution in [0.4, 0.5) is 22.7 Å². The lowest BCUT2D eigenvalue weighted by molar-refractivity contribution is -0.116. The Morgan fingerprint density at radius 1 is 0.875 bits per heavy atom. The molecule has 0 saturated carbocycles. The summed E-state index contributed by atoms with van der Waals surface area (Å²) < 4.78 is 15.1. The number of methoxy groups -OCH3 is 1. The van der Waals surface area contributed by atoms with Gasteiger partial charge < -0.3 is 49.7 Å². The molecule has 4 N–H and O–H groups in total. The molecule has 0 fully saturated rings. The monoisotopic (exact) mass is 766 g/mol. The molecular weight excluding hydrogens is 713 g/mol. The van der Waals surface area contributed by atoms with E-state index in [9.17, 15) is 19.2 Å². The summed E-state index contributed by atoms with van der Waals surface area (Å²) >= 11 is 0. The first-order valence-corrected chi connectivity index (χ1v) is 19.1. The van der Waals surface area contributed by atoms with E-state index < -0.39 is 0 Å². The molecule has 0 radical (unpaired) electrons. The number of anilines is 4. The topological polar surface area (TPSA) is 151 Å². The number of carbonyl (C=O) groups excluding carboxylic acids is 4. The zero-order valence-electron chi connectivity index (χ0n) is 33.5. The number of hydrogen-bond donors (Lipinski definition) is 4. The number of amides is 4. The van der Waals surface area contributed by atoms with Gasteiger partial charge in [-0.25, -0.2) is 0 Å². The van der Waals surface area contributed by atoms with Crippen molar-refractivity contribution in [1.82, 2.24) is 19.8 Å². The van der Waals surface area contributed by atoms with Gasteiger partial charge in [-0.3, -0.25) is 19.2 Å². The molecule has 0 aliphatic carbocycles. The zero-order valence-corrected chi connectivity index (χ0v) is 33.5. The summed E-state index contributed by atoms with van der Waals surface area (Å²) in [5.74, 6) is 0.269. The third kappa shape index (κ3) is 8.86. The Kier molecular flexibility index (Phi) is 12.1. The predicted molar refractivity (Wildman–Crippen MR) is 218 cm³/mol. The largest absolute Gasteiger partial charge is 0.493 e. The van der Waals surface area contributed by atoms with E-state index in [4.69, 9.17) is 9.47 Å². The molecule has 2 aromatic heterocycles. The molecule has 2 aliphatic heterocycles. The summed E-state index contributed by atoms with van der Waals surface area (Å²) in [4.78, 5) is 56.7. The molecule has 2 aromatic carbocycles. The SMILES string of the molecule is CNCC(C)(C)CCC(=O)Nc1cc(C(=O)Nc2cc(C(=O)NCCCCOc3cc4c(cc3OC)C(=O)N3c5ccccc5C[C@H]3CN4C)n(C)c2)n(C)c1. The van der Waals surface area contributed by atoms with E-state index >= 15 is 0 Å². The minimum absolute atomic E-state index is 0.0113. The Hall–Kier alpha value is -5.76. The number of aryl methyl sites for hydroxylation is 2. The van der Waals surface area contributed by atoms with Gasteiger partial charge in [0.2, 0.25) is 5.91 Å². The van der Waals surface area contributed by atoms with Gasteiger partial charge in [-0.1, -0.05) is 32.0 Å². The Morgan fingerprint density at radius 2 is 1.57 bits per heavy atom. The zero-order chi connectivity index (χ0) is 40.1. The normalized spacial score (nSPS) is 14.8. The minimum atomic E-state index is -0.365. The smallest absolute Gasteiger partial charge is 0.272 e. The van der Waals surface area contributed by atoms with Gasteiger partial charge in [-0.2, -0.15) is 0 Å². The number of nitrogens with one attached hydrogen (secondary N) is 4. The summed E-state index contributed by atoms with van der Waals surface area (Å²) in [5.41, 5.74) is 5.29. The highest BCUT2D eigenvalue weighted by atomic mass is 16.5. The fourth-order valence-electron chi connectivity index (χ4n) is 7.59. The number of benzene rings is 2. The van der Waals surface area contributed by atoms with Crippen LogP contribution in [-0.4, -0.2) is 86.3 Å². The van der Waals surface area contributed by atoms with Crippen LogP contribution in [0.15, 0.2) is 60.9 Å². The van der Waals surface area contributed by atoms with Crippen LogP contribution in [0.2, 0.25) is 0 Å². The maximum Gasteiger partial charge on any atom is 0.272 e. The van der Waals surface area contributed by atoms with E-state index in [1.807, 2.05) is 43.3 Å². The van der Waals surface area contributed by atoms with Crippen LogP contribution >= 0.6 is 0 Å². The average Bonchev–Trinajstić information content (AvgIpc) is 3.82. The van der Waals surface area contributed by atoms with Gasteiger partial charge >= 0.3 is 0 Å². The number of aromatic nitrogens is 2. The molecule has 14 nitrogen and oxygen atoms in total. The van der Waals surface area contributed by atoms with Crippen LogP contribution in [-0.2, 0) is 25.3 Å². The molecule has 1 atom stereocenters. The Balaban J connectivity index is 0.971. The Bertz CT molecular complexity index is 2100. The Labute approximate surface area is 328 Å². The molecule has 0 bridgehead atoms. The summed E-state index contributed by atoms with van der Waals surface area (Å²) in [5, 5.41) is 11.9. The summed E-state index contributed by atoms with van der Waals surface area (Å²) in [6.07, 6.45) is 6.63. The minimum Gasteiger partial charge on any atom is -0.493 e. The first kappa shape index (κ1) is 39.9. The molecule has 0 unspecified atom stereocenters. The van der Waals surface area contributed by atoms with Crippen LogP contribution in [0.5, 0.6) is 11.5 Å². The van der Waals surface area contributed by atoms with E-state index in [0.29, 0.717) is 78.8 Å². The maximum atomic E-state index is 13.9. The predicted octanol–water partition coefficient (Wildman–Crippen LogP) is 5.20. The highest BCUT2D eigenvalue weighted by Gasteiger charge is 2.39. The van der Waals surface area contributed by atoms with Crippen LogP contribution in [0.1, 0.15) is 76.4 Å². The first-order chi connectivity index (χ1) is 26.8. The molecule has 0 saturated heterocycles. The van der Waals surface area contributed by atoms with Gasteiger partial charge in [-0.05, 0) is 74.5 Å². The molecular formula is C42H54N8O6. The van der Waals surface area contributed by atoms with Gasteiger partial charge in [0.25, 0.3) is 17.7 Å². The quantitative estimate of drug-likeness (QED) is 0.114. The summed E-state index contributed by atoms with van der Waals surface area (Å²) in [7, 11) is 8.94. The standard InChI is InChI=1S/C42H54N8O6/c1-42(2,26-43-3)15-14-38(51)45-28-19-35(48(5)23-28)40(53)46-29-20-34(47(4)24-29)39(52)44-16-10-11-17-56-37-22-33-31(21-36(37)55-7)41(54)50-30(25-49(33)6)18-27-12-8-9-13-32(27)50/h8-9,12-13,19-24,30,43H,10-11,14-18,25-26H2,1-7H3,(H,44,52)(H,45,51)(H,46,53)/t30-/m0/s1. The number of ether oxygens (including phenoxy) is 2. The van der Waals surface area contributed by atoms with Gasteiger partial charge in [0, 0.05) is 64.8 Å². The van der Waals surface area contributed by atoms with Crippen LogP contribution in [0.25, 0.3) is 0 Å². The van der Waals surface area contributed by atoms with E-state index in [0.717, 1.165) is 30.8 Å². The van der Waals surface area contributed by atoms with E-state index in [-0.39, 0.29) is 35.1 Å². The van der Waals surface area contributed by atoms with E-state index in [2.05, 4.69) is 46.1 Å². The van der Waals surface area contributed by atoms with Gasteiger partial charge in [0.05, 0.1) is 42.4 Å². The molecule has 4 amide bonds. The van der Waals surface area contributed by atoms with Crippen molar-refractivity contribution in [2.24, 2.45) is 19.5 Å². The molecule has 56 heavy (non-hydrogen) atoms. The third-order valence-corrected chi connectivity index (χ3v) is 10.5. The summed E-state index contributed by atoms with van der Waals surface area (Å²) in [6, 6.07) is 15.0. The highest BCUT2D eigenvalue weighted by Crippen LogP contribution is 2.42. The van der Waals surface area contributed by atoms with Crippen molar-refractivity contribution in [1.29, 1.82) is 0 Å². The molecule has 0 spiro atoms. The lowest BCUT2D eigenvalue weighted by Crippen LogP contribution is -2.41. The highest BCUT2D eigenvalue weighted by molar-refractivity contribution is 6.12. The second kappa shape index (κ2) is 16.9. The van der Waals surface area contributed by atoms with Crippen molar-refractivity contribution in [3.8, 4) is 11.5 Å². The fraction of sp³-hybridized carbons (Fsp3) is 0.429. The van der Waals surface area contributed by atoms with Crippen molar-refractivity contribution >= 4 is 46.4 Å². The molecule has 2 aliphatic rings. The van der Waals surface area contributed by atoms with E-state index in [1.54, 1.807) is 60.9 Å². The summed E-state index contributed by atoms with van der Waals surface area (Å²) in [6.45, 7) is 6.54. The van der Waals surface area contributed by atoms with Gasteiger partial charge in [-0.15, -0.1) is 0 Å². The molecule has 6 rings (SSSR count). The lowest BCUT2D eigenvalue weighted by atomic mass is 9.87. The fourth-order valence-corrected chi connectivity index (χ4v) is 7.59. The number of para-hydroxylation sites is 1. The number of carbonyl (C=O) groups is 4. The van der Waals surface area contributed by atoms with Crippen molar-refractivity contribution in [2.45, 2.75) is 52.0 Å². The average molecular weight is 767 g/mol. The Morgan fingerprint density at radius 3 is 2.29 bits per heavy atom. The number of hydrogen-bond acceptors (Lipinski definition) is 8. The third-order valence-electron chi connectivity index (χ3n) is 10.5. The van der Waals surface area contributed by atoms with Crippen molar-refractivity contribution < 1.29 is 28.7 Å². The van der Waals surface area contributed by atoms with Crippen molar-refractivity contribution in [3.63, 3.8) is 0 Å². The van der Waals surface area contributed by atoms with Crippen LogP contribution in [0.3, 0.4) is 0 Å². The number of unbranched alkanes of at least 4 members (excludes halogenated alkanes) is 1. The number of rotatable bonds is 16. The number of likely N-dealkylation sites (N-methyl/N-ethyl adjacent to an activating group) is 1. The lowest BCUT2D eigenvalue weighted by Gasteiger charge is -2.25.